The third-order valence-corrected chi connectivity index (χ3v) is 3.40. The van der Waals surface area contributed by atoms with Crippen molar-refractivity contribution in [2.75, 3.05) is 26.7 Å². The molecule has 0 amide bonds. The summed E-state index contributed by atoms with van der Waals surface area (Å²) in [6, 6.07) is 10.6. The van der Waals surface area contributed by atoms with Gasteiger partial charge in [0.05, 0.1) is 0 Å². The number of nitrogens with zero attached hydrogens (tertiary/aromatic N) is 1. The normalized spacial score (nSPS) is 10.6. The number of nitrogens with one attached hydrogen (secondary N) is 2. The number of hydrogen-bond acceptors (Lipinski definition) is 2. The minimum atomic E-state index is 0.782. The van der Waals surface area contributed by atoms with Crippen molar-refractivity contribution in [3.8, 4) is 0 Å². The second kappa shape index (κ2) is 10.6. The van der Waals surface area contributed by atoms with E-state index >= 15 is 0 Å². The molecule has 0 heterocycles. The van der Waals surface area contributed by atoms with Crippen molar-refractivity contribution in [3.05, 3.63) is 35.9 Å². The van der Waals surface area contributed by atoms with Crippen LogP contribution in [-0.2, 0) is 6.54 Å². The molecular formula is C16H27N3S. The highest BCUT2D eigenvalue weighted by atomic mass is 32.1. The number of unbranched alkanes of at least 4 members (excludes halogenated alkanes) is 1. The van der Waals surface area contributed by atoms with Crippen LogP contribution in [0.3, 0.4) is 0 Å². The molecule has 4 heteroatoms. The fraction of sp³-hybridized carbons (Fsp3) is 0.562. The van der Waals surface area contributed by atoms with Gasteiger partial charge in [0.2, 0.25) is 0 Å². The van der Waals surface area contributed by atoms with Crippen LogP contribution in [0.5, 0.6) is 0 Å². The van der Waals surface area contributed by atoms with Crippen LogP contribution in [0, 0.1) is 0 Å². The molecule has 0 atom stereocenters. The van der Waals surface area contributed by atoms with E-state index in [1.54, 1.807) is 0 Å². The van der Waals surface area contributed by atoms with Crippen molar-refractivity contribution in [3.63, 3.8) is 0 Å². The molecule has 0 radical (unpaired) electrons. The number of hydrogen-bond donors (Lipinski definition) is 2. The summed E-state index contributed by atoms with van der Waals surface area (Å²) in [6.45, 7) is 6.15. The topological polar surface area (TPSA) is 27.3 Å². The molecule has 0 aromatic heterocycles. The van der Waals surface area contributed by atoms with Crippen LogP contribution in [0.2, 0.25) is 0 Å². The molecule has 0 spiro atoms. The molecular weight excluding hydrogens is 266 g/mol. The summed E-state index contributed by atoms with van der Waals surface area (Å²) < 4.78 is 0. The summed E-state index contributed by atoms with van der Waals surface area (Å²) in [6.07, 6.45) is 3.46. The molecule has 2 N–H and O–H groups in total. The van der Waals surface area contributed by atoms with Crippen LogP contribution in [0.1, 0.15) is 31.7 Å². The molecule has 112 valence electrons. The smallest absolute Gasteiger partial charge is 0.166 e. The monoisotopic (exact) mass is 293 g/mol. The molecule has 0 aliphatic heterocycles. The zero-order valence-electron chi connectivity index (χ0n) is 12.7. The molecule has 20 heavy (non-hydrogen) atoms. The second-order valence-electron chi connectivity index (χ2n) is 5.11. The van der Waals surface area contributed by atoms with Crippen LogP contribution in [-0.4, -0.2) is 36.7 Å². The van der Waals surface area contributed by atoms with Gasteiger partial charge in [-0.25, -0.2) is 0 Å². The van der Waals surface area contributed by atoms with Crippen LogP contribution >= 0.6 is 12.2 Å². The van der Waals surface area contributed by atoms with Crippen molar-refractivity contribution in [1.29, 1.82) is 0 Å². The first kappa shape index (κ1) is 16.9. The Balaban J connectivity index is 2.04. The predicted octanol–water partition coefficient (Wildman–Crippen LogP) is 2.77. The molecule has 1 aromatic carbocycles. The first-order valence-corrected chi connectivity index (χ1v) is 7.87. The van der Waals surface area contributed by atoms with E-state index < -0.39 is 0 Å². The lowest BCUT2D eigenvalue weighted by Crippen LogP contribution is -2.37. The van der Waals surface area contributed by atoms with Gasteiger partial charge in [-0.2, -0.15) is 0 Å². The zero-order chi connectivity index (χ0) is 14.6. The lowest BCUT2D eigenvalue weighted by atomic mass is 10.2. The molecule has 0 saturated heterocycles. The van der Waals surface area contributed by atoms with Crippen LogP contribution < -0.4 is 10.6 Å². The van der Waals surface area contributed by atoms with Gasteiger partial charge in [0.1, 0.15) is 0 Å². The zero-order valence-corrected chi connectivity index (χ0v) is 13.5. The molecule has 3 nitrogen and oxygen atoms in total. The second-order valence-corrected chi connectivity index (χ2v) is 5.52. The van der Waals surface area contributed by atoms with Crippen molar-refractivity contribution in [2.45, 2.75) is 32.7 Å². The maximum absolute atomic E-state index is 5.22. The maximum atomic E-state index is 5.22. The molecule has 0 aliphatic carbocycles. The largest absolute Gasteiger partial charge is 0.363 e. The Morgan fingerprint density at radius 2 is 1.75 bits per heavy atom. The van der Waals surface area contributed by atoms with E-state index in [1.165, 1.54) is 18.4 Å². The summed E-state index contributed by atoms with van der Waals surface area (Å²) in [5.74, 6) is 0. The van der Waals surface area contributed by atoms with Crippen LogP contribution in [0.4, 0.5) is 0 Å². The minimum Gasteiger partial charge on any atom is -0.363 e. The molecule has 0 aliphatic rings. The first-order chi connectivity index (χ1) is 9.72. The standard InChI is InChI=1S/C16H27N3S/c1-3-4-11-17-16(20)18-12-8-13-19(2)14-15-9-6-5-7-10-15/h5-7,9-10H,3-4,8,11-14H2,1-2H3,(H2,17,18,20). The maximum Gasteiger partial charge on any atom is 0.166 e. The Morgan fingerprint density at radius 3 is 2.40 bits per heavy atom. The number of benzene rings is 1. The van der Waals surface area contributed by atoms with Gasteiger partial charge in [0.25, 0.3) is 0 Å². The van der Waals surface area contributed by atoms with E-state index in [-0.39, 0.29) is 0 Å². The Hall–Kier alpha value is -1.13. The van der Waals surface area contributed by atoms with Gasteiger partial charge < -0.3 is 15.5 Å². The van der Waals surface area contributed by atoms with Gasteiger partial charge in [-0.05, 0) is 44.2 Å². The third-order valence-electron chi connectivity index (χ3n) is 3.11. The number of rotatable bonds is 9. The van der Waals surface area contributed by atoms with E-state index in [1.807, 2.05) is 0 Å². The molecule has 0 fully saturated rings. The van der Waals surface area contributed by atoms with Gasteiger partial charge in [0, 0.05) is 19.6 Å². The summed E-state index contributed by atoms with van der Waals surface area (Å²) in [4.78, 5) is 2.34. The summed E-state index contributed by atoms with van der Waals surface area (Å²) in [7, 11) is 2.16. The molecule has 1 rings (SSSR count). The fourth-order valence-electron chi connectivity index (χ4n) is 1.97. The molecule has 1 aromatic rings. The fourth-order valence-corrected chi connectivity index (χ4v) is 2.17. The average Bonchev–Trinajstić information content (AvgIpc) is 2.45. The van der Waals surface area contributed by atoms with Gasteiger partial charge >= 0.3 is 0 Å². The SMILES string of the molecule is CCCCNC(=S)NCCCN(C)Cc1ccccc1. The van der Waals surface area contributed by atoms with Crippen molar-refractivity contribution >= 4 is 17.3 Å². The minimum absolute atomic E-state index is 0.782. The molecule has 0 bridgehead atoms. The summed E-state index contributed by atoms with van der Waals surface area (Å²) in [5, 5.41) is 7.25. The van der Waals surface area contributed by atoms with Gasteiger partial charge in [-0.3, -0.25) is 0 Å². The highest BCUT2D eigenvalue weighted by Gasteiger charge is 2.00. The third kappa shape index (κ3) is 8.12. The van der Waals surface area contributed by atoms with E-state index in [0.717, 1.165) is 37.7 Å². The lowest BCUT2D eigenvalue weighted by Gasteiger charge is -2.17. The van der Waals surface area contributed by atoms with Crippen molar-refractivity contribution < 1.29 is 0 Å². The Bertz CT molecular complexity index is 367. The van der Waals surface area contributed by atoms with Gasteiger partial charge in [-0.1, -0.05) is 43.7 Å². The number of thiocarbonyl (C=S) groups is 1. The quantitative estimate of drug-likeness (QED) is 0.541. The van der Waals surface area contributed by atoms with E-state index in [9.17, 15) is 0 Å². The van der Waals surface area contributed by atoms with Crippen LogP contribution in [0.25, 0.3) is 0 Å². The van der Waals surface area contributed by atoms with E-state index in [2.05, 4.69) is 59.8 Å². The Morgan fingerprint density at radius 1 is 1.10 bits per heavy atom. The summed E-state index contributed by atoms with van der Waals surface area (Å²) in [5.41, 5.74) is 1.36. The van der Waals surface area contributed by atoms with Gasteiger partial charge in [0.15, 0.2) is 5.11 Å². The van der Waals surface area contributed by atoms with E-state index in [4.69, 9.17) is 12.2 Å². The highest BCUT2D eigenvalue weighted by Crippen LogP contribution is 2.02. The lowest BCUT2D eigenvalue weighted by molar-refractivity contribution is 0.322. The van der Waals surface area contributed by atoms with Crippen LogP contribution in [0.15, 0.2) is 30.3 Å². The van der Waals surface area contributed by atoms with E-state index in [0.29, 0.717) is 0 Å². The van der Waals surface area contributed by atoms with Crippen molar-refractivity contribution in [2.24, 2.45) is 0 Å². The Kier molecular flexibility index (Phi) is 9.00. The van der Waals surface area contributed by atoms with Crippen molar-refractivity contribution in [1.82, 2.24) is 15.5 Å². The van der Waals surface area contributed by atoms with Gasteiger partial charge in [-0.15, -0.1) is 0 Å². The summed E-state index contributed by atoms with van der Waals surface area (Å²) >= 11 is 5.22. The molecule has 0 unspecified atom stereocenters. The first-order valence-electron chi connectivity index (χ1n) is 7.46. The highest BCUT2D eigenvalue weighted by molar-refractivity contribution is 7.80. The Labute approximate surface area is 128 Å². The molecule has 0 saturated carbocycles. The predicted molar refractivity (Wildman–Crippen MR) is 90.9 cm³/mol. The average molecular weight is 293 g/mol.